The number of carbonyl (C=O) groups is 2. The Morgan fingerprint density at radius 3 is 2.55 bits per heavy atom. The Bertz CT molecular complexity index is 671. The van der Waals surface area contributed by atoms with Gasteiger partial charge in [-0.2, -0.15) is 0 Å². The van der Waals surface area contributed by atoms with Gasteiger partial charge >= 0.3 is 5.97 Å². The summed E-state index contributed by atoms with van der Waals surface area (Å²) in [5.74, 6) is -2.26. The molecule has 1 amide bonds. The van der Waals surface area contributed by atoms with Crippen LogP contribution >= 0.6 is 15.9 Å². The summed E-state index contributed by atoms with van der Waals surface area (Å²) in [7, 11) is 0. The lowest BCUT2D eigenvalue weighted by Gasteiger charge is -2.08. The van der Waals surface area contributed by atoms with Gasteiger partial charge in [-0.15, -0.1) is 0 Å². The topological polar surface area (TPSA) is 99.5 Å². The first-order valence-corrected chi connectivity index (χ1v) is 6.26. The predicted molar refractivity (Wildman–Crippen MR) is 75.0 cm³/mol. The van der Waals surface area contributed by atoms with Crippen LogP contribution in [-0.2, 0) is 0 Å². The van der Waals surface area contributed by atoms with Crippen molar-refractivity contribution in [2.45, 2.75) is 0 Å². The van der Waals surface area contributed by atoms with Crippen LogP contribution in [0.25, 0.3) is 0 Å². The van der Waals surface area contributed by atoms with E-state index in [0.717, 1.165) is 0 Å². The van der Waals surface area contributed by atoms with Gasteiger partial charge in [-0.1, -0.05) is 6.07 Å². The van der Waals surface area contributed by atoms with Crippen molar-refractivity contribution in [1.82, 2.24) is 4.98 Å². The Balaban J connectivity index is 2.26. The quantitative estimate of drug-likeness (QED) is 0.590. The van der Waals surface area contributed by atoms with E-state index in [2.05, 4.69) is 26.2 Å². The van der Waals surface area contributed by atoms with Gasteiger partial charge in [0.15, 0.2) is 5.75 Å². The van der Waals surface area contributed by atoms with E-state index < -0.39 is 17.6 Å². The van der Waals surface area contributed by atoms with Gasteiger partial charge in [0.05, 0.1) is 11.3 Å². The van der Waals surface area contributed by atoms with Crippen molar-refractivity contribution >= 4 is 33.5 Å². The highest BCUT2D eigenvalue weighted by molar-refractivity contribution is 9.10. The van der Waals surface area contributed by atoms with E-state index in [1.165, 1.54) is 24.4 Å². The number of nitrogens with zero attached hydrogens (tertiary/aromatic N) is 1. The molecule has 0 saturated heterocycles. The largest absolute Gasteiger partial charge is 0.505 e. The lowest BCUT2D eigenvalue weighted by molar-refractivity contribution is 0.0693. The third kappa shape index (κ3) is 2.94. The van der Waals surface area contributed by atoms with Crippen LogP contribution in [0, 0.1) is 0 Å². The molecule has 102 valence electrons. The highest BCUT2D eigenvalue weighted by Gasteiger charge is 2.15. The Morgan fingerprint density at radius 2 is 1.95 bits per heavy atom. The molecule has 0 radical (unpaired) electrons. The number of carboxylic acid groups (broad SMARTS) is 1. The first-order valence-electron chi connectivity index (χ1n) is 5.47. The summed E-state index contributed by atoms with van der Waals surface area (Å²) < 4.78 is 0.588. The zero-order chi connectivity index (χ0) is 14.7. The Labute approximate surface area is 122 Å². The fraction of sp³-hybridized carbons (Fsp3) is 0. The van der Waals surface area contributed by atoms with Crippen LogP contribution < -0.4 is 5.32 Å². The summed E-state index contributed by atoms with van der Waals surface area (Å²) in [6, 6.07) is 7.23. The number of benzene rings is 1. The molecular weight excluding hydrogens is 328 g/mol. The van der Waals surface area contributed by atoms with Crippen molar-refractivity contribution in [3.05, 3.63) is 52.3 Å². The Kier molecular flexibility index (Phi) is 3.99. The standard InChI is InChI=1S/C13H9BrN2O4/c14-10-5-4-7(6-15-10)12(18)16-9-3-1-2-8(11(9)17)13(19)20/h1-6,17H,(H,16,18)(H,19,20). The monoisotopic (exact) mass is 336 g/mol. The average Bonchev–Trinajstić information content (AvgIpc) is 2.41. The van der Waals surface area contributed by atoms with E-state index in [1.807, 2.05) is 0 Å². The maximum atomic E-state index is 11.9. The summed E-state index contributed by atoms with van der Waals surface area (Å²) >= 11 is 3.15. The van der Waals surface area contributed by atoms with Crippen molar-refractivity contribution < 1.29 is 19.8 Å². The van der Waals surface area contributed by atoms with Crippen LogP contribution in [-0.4, -0.2) is 27.1 Å². The van der Waals surface area contributed by atoms with E-state index in [4.69, 9.17) is 5.11 Å². The maximum absolute atomic E-state index is 11.9. The molecule has 0 fully saturated rings. The molecular formula is C13H9BrN2O4. The van der Waals surface area contributed by atoms with Gasteiger partial charge in [0.2, 0.25) is 0 Å². The van der Waals surface area contributed by atoms with Crippen LogP contribution in [0.2, 0.25) is 0 Å². The molecule has 0 saturated carbocycles. The highest BCUT2D eigenvalue weighted by Crippen LogP contribution is 2.27. The number of hydrogen-bond donors (Lipinski definition) is 3. The number of nitrogens with one attached hydrogen (secondary N) is 1. The van der Waals surface area contributed by atoms with Crippen LogP contribution in [0.4, 0.5) is 5.69 Å². The number of aromatic hydroxyl groups is 1. The minimum absolute atomic E-state index is 0.0258. The normalized spacial score (nSPS) is 10.1. The summed E-state index contributed by atoms with van der Waals surface area (Å²) in [5, 5.41) is 21.1. The molecule has 1 aromatic carbocycles. The summed E-state index contributed by atoms with van der Waals surface area (Å²) in [4.78, 5) is 26.7. The average molecular weight is 337 g/mol. The zero-order valence-corrected chi connectivity index (χ0v) is 11.6. The molecule has 6 nitrogen and oxygen atoms in total. The number of aromatic nitrogens is 1. The lowest BCUT2D eigenvalue weighted by Crippen LogP contribution is -2.13. The SMILES string of the molecule is O=C(Nc1cccc(C(=O)O)c1O)c1ccc(Br)nc1. The zero-order valence-electron chi connectivity index (χ0n) is 10.0. The Morgan fingerprint density at radius 1 is 1.20 bits per heavy atom. The molecule has 1 heterocycles. The van der Waals surface area contributed by atoms with Crippen LogP contribution in [0.3, 0.4) is 0 Å². The minimum atomic E-state index is -1.27. The molecule has 0 spiro atoms. The number of phenols is 1. The fourth-order valence-corrected chi connectivity index (χ4v) is 1.76. The van der Waals surface area contributed by atoms with Gasteiger partial charge in [0, 0.05) is 6.20 Å². The van der Waals surface area contributed by atoms with Gasteiger partial charge in [0.1, 0.15) is 10.2 Å². The first-order chi connectivity index (χ1) is 9.49. The van der Waals surface area contributed by atoms with E-state index in [9.17, 15) is 14.7 Å². The van der Waals surface area contributed by atoms with Crippen LogP contribution in [0.1, 0.15) is 20.7 Å². The maximum Gasteiger partial charge on any atom is 0.339 e. The van der Waals surface area contributed by atoms with E-state index in [1.54, 1.807) is 12.1 Å². The number of aromatic carboxylic acids is 1. The molecule has 0 atom stereocenters. The molecule has 1 aromatic heterocycles. The van der Waals surface area contributed by atoms with Gasteiger partial charge in [-0.3, -0.25) is 4.79 Å². The number of carboxylic acids is 1. The lowest BCUT2D eigenvalue weighted by atomic mass is 10.1. The van der Waals surface area contributed by atoms with E-state index in [0.29, 0.717) is 4.60 Å². The number of pyridine rings is 1. The van der Waals surface area contributed by atoms with Gasteiger partial charge in [-0.25, -0.2) is 9.78 Å². The van der Waals surface area contributed by atoms with Crippen molar-refractivity contribution in [1.29, 1.82) is 0 Å². The number of para-hydroxylation sites is 1. The fourth-order valence-electron chi connectivity index (χ4n) is 1.52. The second-order valence-electron chi connectivity index (χ2n) is 3.83. The molecule has 0 bridgehead atoms. The number of rotatable bonds is 3. The highest BCUT2D eigenvalue weighted by atomic mass is 79.9. The first kappa shape index (κ1) is 14.0. The van der Waals surface area contributed by atoms with Gasteiger partial charge in [-0.05, 0) is 40.2 Å². The van der Waals surface area contributed by atoms with Crippen molar-refractivity contribution in [3.63, 3.8) is 0 Å². The van der Waals surface area contributed by atoms with Crippen molar-refractivity contribution in [3.8, 4) is 5.75 Å². The number of amides is 1. The second-order valence-corrected chi connectivity index (χ2v) is 4.64. The van der Waals surface area contributed by atoms with Crippen LogP contribution in [0.15, 0.2) is 41.1 Å². The van der Waals surface area contributed by atoms with Crippen molar-refractivity contribution in [2.75, 3.05) is 5.32 Å². The molecule has 0 aliphatic heterocycles. The molecule has 3 N–H and O–H groups in total. The molecule has 0 aliphatic carbocycles. The third-order valence-electron chi connectivity index (χ3n) is 2.50. The van der Waals surface area contributed by atoms with E-state index in [-0.39, 0.29) is 16.8 Å². The number of carbonyl (C=O) groups excluding carboxylic acids is 1. The van der Waals surface area contributed by atoms with Gasteiger partial charge in [0.25, 0.3) is 5.91 Å². The molecule has 20 heavy (non-hydrogen) atoms. The molecule has 7 heteroatoms. The molecule has 0 unspecified atom stereocenters. The number of halogens is 1. The smallest absolute Gasteiger partial charge is 0.339 e. The third-order valence-corrected chi connectivity index (χ3v) is 2.97. The Hall–Kier alpha value is -2.41. The van der Waals surface area contributed by atoms with Gasteiger partial charge < -0.3 is 15.5 Å². The number of anilines is 1. The molecule has 2 rings (SSSR count). The predicted octanol–water partition coefficient (Wildman–Crippen LogP) is 2.50. The molecule has 0 aliphatic rings. The number of hydrogen-bond acceptors (Lipinski definition) is 4. The van der Waals surface area contributed by atoms with Crippen molar-refractivity contribution in [2.24, 2.45) is 0 Å². The minimum Gasteiger partial charge on any atom is -0.505 e. The summed E-state index contributed by atoms with van der Waals surface area (Å²) in [5.41, 5.74) is 0.0304. The summed E-state index contributed by atoms with van der Waals surface area (Å²) in [6.45, 7) is 0. The molecule has 2 aromatic rings. The van der Waals surface area contributed by atoms with E-state index >= 15 is 0 Å². The van der Waals surface area contributed by atoms with Crippen LogP contribution in [0.5, 0.6) is 5.75 Å². The summed E-state index contributed by atoms with van der Waals surface area (Å²) in [6.07, 6.45) is 1.36. The second kappa shape index (κ2) is 5.70.